The lowest BCUT2D eigenvalue weighted by Crippen LogP contribution is -2.10. The Labute approximate surface area is 129 Å². The molecule has 2 N–H and O–H groups in total. The molecule has 1 aliphatic heterocycles. The van der Waals surface area contributed by atoms with Gasteiger partial charge in [-0.1, -0.05) is 12.1 Å². The molecule has 0 saturated carbocycles. The lowest BCUT2D eigenvalue weighted by atomic mass is 10.0. The first-order valence-corrected chi connectivity index (χ1v) is 8.38. The molecule has 2 aromatic rings. The van der Waals surface area contributed by atoms with E-state index in [1.165, 1.54) is 4.88 Å². The molecule has 21 heavy (non-hydrogen) atoms. The summed E-state index contributed by atoms with van der Waals surface area (Å²) in [6.07, 6.45) is 4.13. The van der Waals surface area contributed by atoms with Crippen LogP contribution in [0.15, 0.2) is 35.7 Å². The van der Waals surface area contributed by atoms with Crippen LogP contribution in [0, 0.1) is 0 Å². The predicted octanol–water partition coefficient (Wildman–Crippen LogP) is 3.93. The van der Waals surface area contributed by atoms with Crippen molar-refractivity contribution in [2.45, 2.75) is 31.7 Å². The van der Waals surface area contributed by atoms with Crippen molar-refractivity contribution in [1.29, 1.82) is 0 Å². The molecule has 0 aliphatic carbocycles. The van der Waals surface area contributed by atoms with Crippen LogP contribution in [-0.2, 0) is 6.42 Å². The van der Waals surface area contributed by atoms with Crippen molar-refractivity contribution < 1.29 is 9.47 Å². The zero-order valence-electron chi connectivity index (χ0n) is 12.1. The Morgan fingerprint density at radius 1 is 1.14 bits per heavy atom. The fourth-order valence-corrected chi connectivity index (χ4v) is 3.28. The van der Waals surface area contributed by atoms with Gasteiger partial charge < -0.3 is 15.2 Å². The molecule has 0 fully saturated rings. The highest BCUT2D eigenvalue weighted by Crippen LogP contribution is 2.32. The first kappa shape index (κ1) is 14.4. The van der Waals surface area contributed by atoms with Gasteiger partial charge in [0.05, 0.1) is 13.2 Å². The van der Waals surface area contributed by atoms with E-state index in [9.17, 15) is 0 Å². The van der Waals surface area contributed by atoms with Crippen LogP contribution >= 0.6 is 11.3 Å². The van der Waals surface area contributed by atoms with E-state index in [1.54, 1.807) is 0 Å². The van der Waals surface area contributed by atoms with Crippen molar-refractivity contribution >= 4 is 11.3 Å². The van der Waals surface area contributed by atoms with Crippen LogP contribution in [0.5, 0.6) is 11.5 Å². The number of rotatable bonds is 5. The maximum atomic E-state index is 6.31. The van der Waals surface area contributed by atoms with Gasteiger partial charge in [-0.2, -0.15) is 0 Å². The third-order valence-electron chi connectivity index (χ3n) is 3.72. The van der Waals surface area contributed by atoms with Crippen LogP contribution in [0.3, 0.4) is 0 Å². The van der Waals surface area contributed by atoms with E-state index in [1.807, 2.05) is 23.5 Å². The summed E-state index contributed by atoms with van der Waals surface area (Å²) in [6, 6.07) is 10.4. The Morgan fingerprint density at radius 3 is 2.81 bits per heavy atom. The molecule has 0 amide bonds. The van der Waals surface area contributed by atoms with Crippen molar-refractivity contribution in [3.05, 3.63) is 46.2 Å². The molecule has 0 radical (unpaired) electrons. The summed E-state index contributed by atoms with van der Waals surface area (Å²) in [4.78, 5) is 1.43. The fraction of sp³-hybridized carbons (Fsp3) is 0.412. The number of fused-ring (bicyclic) bond motifs is 1. The normalized spacial score (nSPS) is 15.5. The SMILES string of the molecule is NC(CCCc1cccs1)c1ccc2c(c1)OCCCO2. The van der Waals surface area contributed by atoms with Crippen molar-refractivity contribution in [2.24, 2.45) is 5.73 Å². The van der Waals surface area contributed by atoms with Gasteiger partial charge in [-0.25, -0.2) is 0 Å². The Bertz CT molecular complexity index is 568. The zero-order valence-corrected chi connectivity index (χ0v) is 12.9. The van der Waals surface area contributed by atoms with Crippen LogP contribution in [0.2, 0.25) is 0 Å². The lowest BCUT2D eigenvalue weighted by Gasteiger charge is -2.14. The van der Waals surface area contributed by atoms with E-state index >= 15 is 0 Å². The first-order chi connectivity index (χ1) is 10.3. The van der Waals surface area contributed by atoms with Gasteiger partial charge in [-0.05, 0) is 48.4 Å². The number of nitrogens with two attached hydrogens (primary N) is 1. The second-order valence-electron chi connectivity index (χ2n) is 5.33. The minimum absolute atomic E-state index is 0.0575. The zero-order chi connectivity index (χ0) is 14.5. The van der Waals surface area contributed by atoms with Crippen molar-refractivity contribution in [3.8, 4) is 11.5 Å². The topological polar surface area (TPSA) is 44.5 Å². The van der Waals surface area contributed by atoms with Crippen LogP contribution < -0.4 is 15.2 Å². The summed E-state index contributed by atoms with van der Waals surface area (Å²) in [7, 11) is 0. The summed E-state index contributed by atoms with van der Waals surface area (Å²) >= 11 is 1.81. The summed E-state index contributed by atoms with van der Waals surface area (Å²) in [5.74, 6) is 1.67. The lowest BCUT2D eigenvalue weighted by molar-refractivity contribution is 0.297. The number of hydrogen-bond acceptors (Lipinski definition) is 4. The second kappa shape index (κ2) is 6.96. The maximum Gasteiger partial charge on any atom is 0.161 e. The van der Waals surface area contributed by atoms with Crippen molar-refractivity contribution in [3.63, 3.8) is 0 Å². The van der Waals surface area contributed by atoms with Gasteiger partial charge in [0.1, 0.15) is 0 Å². The maximum absolute atomic E-state index is 6.31. The van der Waals surface area contributed by atoms with Crippen LogP contribution in [0.1, 0.15) is 35.7 Å². The van der Waals surface area contributed by atoms with Gasteiger partial charge in [0.25, 0.3) is 0 Å². The monoisotopic (exact) mass is 303 g/mol. The van der Waals surface area contributed by atoms with E-state index in [0.29, 0.717) is 6.61 Å². The molecule has 1 aromatic carbocycles. The molecule has 0 bridgehead atoms. The first-order valence-electron chi connectivity index (χ1n) is 7.50. The molecule has 1 unspecified atom stereocenters. The van der Waals surface area contributed by atoms with Crippen molar-refractivity contribution in [2.75, 3.05) is 13.2 Å². The number of benzene rings is 1. The van der Waals surface area contributed by atoms with Gasteiger partial charge in [-0.3, -0.25) is 0 Å². The molecule has 1 aliphatic rings. The Morgan fingerprint density at radius 2 is 2.00 bits per heavy atom. The smallest absolute Gasteiger partial charge is 0.161 e. The molecular weight excluding hydrogens is 282 g/mol. The Balaban J connectivity index is 1.59. The largest absolute Gasteiger partial charge is 0.490 e. The third-order valence-corrected chi connectivity index (χ3v) is 4.65. The van der Waals surface area contributed by atoms with Crippen LogP contribution in [-0.4, -0.2) is 13.2 Å². The van der Waals surface area contributed by atoms with Gasteiger partial charge in [-0.15, -0.1) is 11.3 Å². The average Bonchev–Trinajstić information content (AvgIpc) is 2.90. The fourth-order valence-electron chi connectivity index (χ4n) is 2.53. The second-order valence-corrected chi connectivity index (χ2v) is 6.37. The van der Waals surface area contributed by atoms with E-state index < -0.39 is 0 Å². The Kier molecular flexibility index (Phi) is 4.78. The van der Waals surface area contributed by atoms with Gasteiger partial charge in [0.15, 0.2) is 11.5 Å². The van der Waals surface area contributed by atoms with Gasteiger partial charge in [0.2, 0.25) is 0 Å². The van der Waals surface area contributed by atoms with E-state index in [0.717, 1.165) is 49.4 Å². The minimum atomic E-state index is 0.0575. The molecule has 1 atom stereocenters. The molecule has 3 nitrogen and oxygen atoms in total. The third kappa shape index (κ3) is 3.77. The number of ether oxygens (including phenoxy) is 2. The molecule has 112 valence electrons. The number of thiophene rings is 1. The van der Waals surface area contributed by atoms with E-state index in [2.05, 4.69) is 23.6 Å². The summed E-state index contributed by atoms with van der Waals surface area (Å²) in [5, 5.41) is 2.12. The molecule has 4 heteroatoms. The average molecular weight is 303 g/mol. The number of aryl methyl sites for hydroxylation is 1. The highest BCUT2D eigenvalue weighted by atomic mass is 32.1. The molecule has 1 aromatic heterocycles. The molecule has 2 heterocycles. The predicted molar refractivity (Wildman–Crippen MR) is 86.2 cm³/mol. The molecule has 3 rings (SSSR count). The standard InChI is InChI=1S/C17H21NO2S/c18-15(6-1-4-14-5-2-11-21-14)13-7-8-16-17(12-13)20-10-3-9-19-16/h2,5,7-8,11-12,15H,1,3-4,6,9-10,18H2. The summed E-state index contributed by atoms with van der Waals surface area (Å²) in [6.45, 7) is 1.43. The highest BCUT2D eigenvalue weighted by molar-refractivity contribution is 7.09. The quantitative estimate of drug-likeness (QED) is 0.910. The summed E-state index contributed by atoms with van der Waals surface area (Å²) in [5.41, 5.74) is 7.44. The highest BCUT2D eigenvalue weighted by Gasteiger charge is 2.13. The van der Waals surface area contributed by atoms with Gasteiger partial charge in [0, 0.05) is 17.3 Å². The Hall–Kier alpha value is -1.52. The van der Waals surface area contributed by atoms with Crippen LogP contribution in [0.4, 0.5) is 0 Å². The van der Waals surface area contributed by atoms with E-state index in [-0.39, 0.29) is 6.04 Å². The molecule has 0 saturated heterocycles. The van der Waals surface area contributed by atoms with Crippen molar-refractivity contribution in [1.82, 2.24) is 0 Å². The number of hydrogen-bond donors (Lipinski definition) is 1. The minimum Gasteiger partial charge on any atom is -0.490 e. The molecule has 0 spiro atoms. The summed E-state index contributed by atoms with van der Waals surface area (Å²) < 4.78 is 11.4. The van der Waals surface area contributed by atoms with E-state index in [4.69, 9.17) is 15.2 Å². The van der Waals surface area contributed by atoms with Crippen LogP contribution in [0.25, 0.3) is 0 Å². The van der Waals surface area contributed by atoms with Gasteiger partial charge >= 0.3 is 0 Å². The molecular formula is C17H21NO2S.